The van der Waals surface area contributed by atoms with Crippen LogP contribution in [0, 0.1) is 0 Å². The van der Waals surface area contributed by atoms with Crippen molar-refractivity contribution in [3.8, 4) is 0 Å². The van der Waals surface area contributed by atoms with Crippen LogP contribution in [0.5, 0.6) is 0 Å². The largest absolute Gasteiger partial charge is 0.377 e. The van der Waals surface area contributed by atoms with Gasteiger partial charge < -0.3 is 10.1 Å². The van der Waals surface area contributed by atoms with E-state index < -0.39 is 0 Å². The van der Waals surface area contributed by atoms with Crippen molar-refractivity contribution in [1.82, 2.24) is 20.1 Å². The highest BCUT2D eigenvalue weighted by molar-refractivity contribution is 4.86. The molecule has 0 amide bonds. The summed E-state index contributed by atoms with van der Waals surface area (Å²) < 4.78 is 7.40. The lowest BCUT2D eigenvalue weighted by Crippen LogP contribution is -2.36. The number of nitrogens with zero attached hydrogens (tertiary/aromatic N) is 3. The second kappa shape index (κ2) is 6.12. The molecule has 17 heavy (non-hydrogen) atoms. The summed E-state index contributed by atoms with van der Waals surface area (Å²) in [5, 5.41) is 7.60. The SMILES string of the molecule is CC(C)OCCn1ncnc1CNC(C)(C)C. The highest BCUT2D eigenvalue weighted by atomic mass is 16.5. The van der Waals surface area contributed by atoms with Gasteiger partial charge in [0.2, 0.25) is 0 Å². The fourth-order valence-corrected chi connectivity index (χ4v) is 1.33. The first-order valence-electron chi connectivity index (χ1n) is 6.12. The molecule has 0 spiro atoms. The molecule has 1 rings (SSSR count). The van der Waals surface area contributed by atoms with E-state index in [1.807, 2.05) is 18.5 Å². The fraction of sp³-hybridized carbons (Fsp3) is 0.833. The van der Waals surface area contributed by atoms with E-state index >= 15 is 0 Å². The Kier molecular flexibility index (Phi) is 5.08. The Hall–Kier alpha value is -0.940. The van der Waals surface area contributed by atoms with Gasteiger partial charge in [-0.05, 0) is 34.6 Å². The monoisotopic (exact) mass is 240 g/mol. The van der Waals surface area contributed by atoms with Gasteiger partial charge in [-0.2, -0.15) is 5.10 Å². The van der Waals surface area contributed by atoms with Gasteiger partial charge in [0.15, 0.2) is 0 Å². The second-order valence-electron chi connectivity index (χ2n) is 5.42. The fourth-order valence-electron chi connectivity index (χ4n) is 1.33. The van der Waals surface area contributed by atoms with Crippen molar-refractivity contribution in [1.29, 1.82) is 0 Å². The predicted octanol–water partition coefficient (Wildman–Crippen LogP) is 1.59. The van der Waals surface area contributed by atoms with E-state index in [4.69, 9.17) is 4.74 Å². The molecule has 0 aliphatic heterocycles. The molecular formula is C12H24N4O. The lowest BCUT2D eigenvalue weighted by atomic mass is 10.1. The summed E-state index contributed by atoms with van der Waals surface area (Å²) in [4.78, 5) is 4.25. The zero-order valence-electron chi connectivity index (χ0n) is 11.5. The molecule has 5 nitrogen and oxygen atoms in total. The summed E-state index contributed by atoms with van der Waals surface area (Å²) in [6.07, 6.45) is 1.85. The Morgan fingerprint density at radius 2 is 2.12 bits per heavy atom. The van der Waals surface area contributed by atoms with Crippen LogP contribution < -0.4 is 5.32 Å². The van der Waals surface area contributed by atoms with Crippen LogP contribution in [0.3, 0.4) is 0 Å². The molecular weight excluding hydrogens is 216 g/mol. The summed E-state index contributed by atoms with van der Waals surface area (Å²) in [5.41, 5.74) is 0.0885. The number of hydrogen-bond acceptors (Lipinski definition) is 4. The second-order valence-corrected chi connectivity index (χ2v) is 5.42. The van der Waals surface area contributed by atoms with Gasteiger partial charge in [0.05, 0.1) is 25.8 Å². The zero-order valence-corrected chi connectivity index (χ0v) is 11.5. The molecule has 0 saturated carbocycles. The molecule has 0 fully saturated rings. The van der Waals surface area contributed by atoms with Gasteiger partial charge in [-0.3, -0.25) is 0 Å². The summed E-state index contributed by atoms with van der Waals surface area (Å²) >= 11 is 0. The molecule has 0 atom stereocenters. The number of rotatable bonds is 6. The van der Waals surface area contributed by atoms with Gasteiger partial charge in [-0.1, -0.05) is 0 Å². The van der Waals surface area contributed by atoms with Crippen molar-refractivity contribution in [2.45, 2.75) is 59.4 Å². The van der Waals surface area contributed by atoms with Crippen molar-refractivity contribution >= 4 is 0 Å². The maximum atomic E-state index is 5.51. The van der Waals surface area contributed by atoms with Crippen LogP contribution in [0.4, 0.5) is 0 Å². The topological polar surface area (TPSA) is 52.0 Å². The third-order valence-electron chi connectivity index (χ3n) is 2.23. The van der Waals surface area contributed by atoms with E-state index in [1.165, 1.54) is 0 Å². The molecule has 1 N–H and O–H groups in total. The molecule has 98 valence electrons. The smallest absolute Gasteiger partial charge is 0.140 e. The molecule has 1 aromatic rings. The van der Waals surface area contributed by atoms with Gasteiger partial charge in [0.25, 0.3) is 0 Å². The minimum atomic E-state index is 0.0885. The first kappa shape index (κ1) is 14.1. The lowest BCUT2D eigenvalue weighted by molar-refractivity contribution is 0.0703. The highest BCUT2D eigenvalue weighted by Crippen LogP contribution is 2.02. The van der Waals surface area contributed by atoms with Crippen molar-refractivity contribution in [2.24, 2.45) is 0 Å². The molecule has 0 bridgehead atoms. The number of hydrogen-bond donors (Lipinski definition) is 1. The van der Waals surface area contributed by atoms with Crippen LogP contribution in [0.1, 0.15) is 40.4 Å². The molecule has 5 heteroatoms. The maximum absolute atomic E-state index is 5.51. The normalized spacial score (nSPS) is 12.4. The zero-order chi connectivity index (χ0) is 12.9. The average molecular weight is 240 g/mol. The number of ether oxygens (including phenoxy) is 1. The van der Waals surface area contributed by atoms with Gasteiger partial charge in [-0.25, -0.2) is 9.67 Å². The molecule has 1 heterocycles. The third-order valence-corrected chi connectivity index (χ3v) is 2.23. The Morgan fingerprint density at radius 3 is 2.71 bits per heavy atom. The van der Waals surface area contributed by atoms with Crippen molar-refractivity contribution in [3.05, 3.63) is 12.2 Å². The molecule has 1 aromatic heterocycles. The van der Waals surface area contributed by atoms with Gasteiger partial charge in [0.1, 0.15) is 12.2 Å². The lowest BCUT2D eigenvalue weighted by Gasteiger charge is -2.20. The number of aromatic nitrogens is 3. The van der Waals surface area contributed by atoms with Crippen molar-refractivity contribution in [2.75, 3.05) is 6.61 Å². The standard InChI is InChI=1S/C12H24N4O/c1-10(2)17-7-6-16-11(13-9-15-16)8-14-12(3,4)5/h9-10,14H,6-8H2,1-5H3. The Bertz CT molecular complexity index is 327. The van der Waals surface area contributed by atoms with Crippen molar-refractivity contribution < 1.29 is 4.74 Å². The third kappa shape index (κ3) is 5.79. The average Bonchev–Trinajstić information content (AvgIpc) is 2.61. The Labute approximate surface area is 104 Å². The predicted molar refractivity (Wildman–Crippen MR) is 67.7 cm³/mol. The van der Waals surface area contributed by atoms with E-state index in [1.54, 1.807) is 6.33 Å². The summed E-state index contributed by atoms with van der Waals surface area (Å²) in [6, 6.07) is 0. The molecule has 0 radical (unpaired) electrons. The molecule has 0 saturated heterocycles. The molecule has 0 unspecified atom stereocenters. The van der Waals surface area contributed by atoms with Crippen molar-refractivity contribution in [3.63, 3.8) is 0 Å². The van der Waals surface area contributed by atoms with Crippen LogP contribution in [0.2, 0.25) is 0 Å². The van der Waals surface area contributed by atoms with Crippen LogP contribution >= 0.6 is 0 Å². The van der Waals surface area contributed by atoms with Gasteiger partial charge >= 0.3 is 0 Å². The van der Waals surface area contributed by atoms with E-state index in [9.17, 15) is 0 Å². The molecule has 0 aliphatic carbocycles. The van der Waals surface area contributed by atoms with Crippen LogP contribution in [-0.2, 0) is 17.8 Å². The Balaban J connectivity index is 2.43. The number of nitrogens with one attached hydrogen (secondary N) is 1. The van der Waals surface area contributed by atoms with Crippen LogP contribution in [0.25, 0.3) is 0 Å². The minimum absolute atomic E-state index is 0.0885. The van der Waals surface area contributed by atoms with Crippen LogP contribution in [-0.4, -0.2) is 33.0 Å². The Morgan fingerprint density at radius 1 is 1.41 bits per heavy atom. The van der Waals surface area contributed by atoms with Crippen LogP contribution in [0.15, 0.2) is 6.33 Å². The quantitative estimate of drug-likeness (QED) is 0.820. The summed E-state index contributed by atoms with van der Waals surface area (Å²) in [7, 11) is 0. The maximum Gasteiger partial charge on any atom is 0.140 e. The van der Waals surface area contributed by atoms with Gasteiger partial charge in [0, 0.05) is 5.54 Å². The molecule has 0 aliphatic rings. The first-order valence-corrected chi connectivity index (χ1v) is 6.12. The van der Waals surface area contributed by atoms with E-state index in [-0.39, 0.29) is 11.6 Å². The van der Waals surface area contributed by atoms with Gasteiger partial charge in [-0.15, -0.1) is 0 Å². The summed E-state index contributed by atoms with van der Waals surface area (Å²) in [6.45, 7) is 12.6. The summed E-state index contributed by atoms with van der Waals surface area (Å²) in [5.74, 6) is 0.951. The van der Waals surface area contributed by atoms with E-state index in [0.717, 1.165) is 18.9 Å². The van der Waals surface area contributed by atoms with E-state index in [0.29, 0.717) is 6.61 Å². The van der Waals surface area contributed by atoms with E-state index in [2.05, 4.69) is 36.2 Å². The minimum Gasteiger partial charge on any atom is -0.377 e. The molecule has 0 aromatic carbocycles. The first-order chi connectivity index (χ1) is 7.88. The highest BCUT2D eigenvalue weighted by Gasteiger charge is 2.11.